The van der Waals surface area contributed by atoms with Crippen molar-refractivity contribution in [2.45, 2.75) is 32.9 Å². The van der Waals surface area contributed by atoms with Gasteiger partial charge in [0.05, 0.1) is 12.2 Å². The lowest BCUT2D eigenvalue weighted by Crippen LogP contribution is -2.27. The molecule has 2 rings (SSSR count). The number of aromatic nitrogens is 1. The molecule has 2 aromatic rings. The Labute approximate surface area is 130 Å². The molecule has 0 spiro atoms. The maximum atomic E-state index is 11.7. The number of amides is 1. The van der Waals surface area contributed by atoms with Crippen LogP contribution in [0.4, 0.5) is 16.2 Å². The molecule has 0 aliphatic rings. The molecule has 0 atom stereocenters. The molecule has 0 fully saturated rings. The first-order valence-electron chi connectivity index (χ1n) is 7.16. The van der Waals surface area contributed by atoms with E-state index < -0.39 is 11.7 Å². The smallest absolute Gasteiger partial charge is 0.412 e. The normalized spacial score (nSPS) is 10.9. The van der Waals surface area contributed by atoms with Crippen LogP contribution in [0.3, 0.4) is 0 Å². The van der Waals surface area contributed by atoms with E-state index in [1.165, 1.54) is 0 Å². The van der Waals surface area contributed by atoms with Gasteiger partial charge in [0.1, 0.15) is 5.60 Å². The summed E-state index contributed by atoms with van der Waals surface area (Å²) in [6.45, 7) is 6.14. The molecule has 0 unspecified atom stereocenters. The van der Waals surface area contributed by atoms with E-state index in [4.69, 9.17) is 4.74 Å². The van der Waals surface area contributed by atoms with Crippen molar-refractivity contribution in [1.82, 2.24) is 4.98 Å². The van der Waals surface area contributed by atoms with E-state index in [2.05, 4.69) is 15.6 Å². The molecule has 116 valence electrons. The molecule has 0 bridgehead atoms. The van der Waals surface area contributed by atoms with Crippen molar-refractivity contribution in [2.75, 3.05) is 10.6 Å². The monoisotopic (exact) mass is 299 g/mol. The highest BCUT2D eigenvalue weighted by molar-refractivity contribution is 5.85. The number of nitrogens with one attached hydrogen (secondary N) is 2. The Kier molecular flexibility index (Phi) is 4.99. The van der Waals surface area contributed by atoms with Crippen LogP contribution in [0, 0.1) is 0 Å². The van der Waals surface area contributed by atoms with Gasteiger partial charge in [0.25, 0.3) is 0 Å². The van der Waals surface area contributed by atoms with Gasteiger partial charge in [-0.15, -0.1) is 0 Å². The molecule has 22 heavy (non-hydrogen) atoms. The van der Waals surface area contributed by atoms with Crippen LogP contribution < -0.4 is 10.6 Å². The lowest BCUT2D eigenvalue weighted by Gasteiger charge is -2.19. The fraction of sp³-hybridized carbons (Fsp3) is 0.294. The highest BCUT2D eigenvalue weighted by atomic mass is 16.6. The predicted molar refractivity (Wildman–Crippen MR) is 87.9 cm³/mol. The fourth-order valence-corrected chi connectivity index (χ4v) is 1.79. The zero-order chi connectivity index (χ0) is 16.0. The first kappa shape index (κ1) is 15.8. The molecule has 0 saturated heterocycles. The molecule has 1 aromatic heterocycles. The quantitative estimate of drug-likeness (QED) is 0.894. The Balaban J connectivity index is 1.86. The van der Waals surface area contributed by atoms with Gasteiger partial charge in [0, 0.05) is 17.6 Å². The second kappa shape index (κ2) is 6.93. The average molecular weight is 299 g/mol. The summed E-state index contributed by atoms with van der Waals surface area (Å²) in [6, 6.07) is 13.3. The summed E-state index contributed by atoms with van der Waals surface area (Å²) in [5.74, 6) is 0. The largest absolute Gasteiger partial charge is 0.444 e. The number of carbonyl (C=O) groups is 1. The third-order valence-electron chi connectivity index (χ3n) is 2.73. The minimum Gasteiger partial charge on any atom is -0.444 e. The van der Waals surface area contributed by atoms with Crippen LogP contribution in [0.1, 0.15) is 26.5 Å². The number of nitrogens with zero attached hydrogens (tertiary/aromatic N) is 1. The van der Waals surface area contributed by atoms with E-state index in [1.54, 1.807) is 6.20 Å². The molecule has 0 aliphatic carbocycles. The van der Waals surface area contributed by atoms with Gasteiger partial charge in [-0.2, -0.15) is 0 Å². The lowest BCUT2D eigenvalue weighted by atomic mass is 10.2. The zero-order valence-corrected chi connectivity index (χ0v) is 13.1. The number of carbonyl (C=O) groups excluding carboxylic acids is 1. The van der Waals surface area contributed by atoms with Crippen molar-refractivity contribution in [3.8, 4) is 0 Å². The summed E-state index contributed by atoms with van der Waals surface area (Å²) in [5, 5.41) is 5.97. The molecule has 0 aliphatic heterocycles. The summed E-state index contributed by atoms with van der Waals surface area (Å²) in [7, 11) is 0. The van der Waals surface area contributed by atoms with Crippen LogP contribution in [-0.2, 0) is 11.3 Å². The van der Waals surface area contributed by atoms with Gasteiger partial charge in [-0.05, 0) is 57.2 Å². The summed E-state index contributed by atoms with van der Waals surface area (Å²) in [5.41, 5.74) is 2.12. The number of ether oxygens (including phenoxy) is 1. The second-order valence-electron chi connectivity index (χ2n) is 5.88. The maximum absolute atomic E-state index is 11.7. The van der Waals surface area contributed by atoms with E-state index in [9.17, 15) is 4.79 Å². The Morgan fingerprint density at radius 3 is 2.36 bits per heavy atom. The molecular formula is C17H21N3O2. The Morgan fingerprint density at radius 1 is 1.09 bits per heavy atom. The minimum atomic E-state index is -0.506. The fourth-order valence-electron chi connectivity index (χ4n) is 1.79. The van der Waals surface area contributed by atoms with Crippen LogP contribution in [0.15, 0.2) is 48.7 Å². The minimum absolute atomic E-state index is 0.457. The molecule has 0 radical (unpaired) electrons. The zero-order valence-electron chi connectivity index (χ0n) is 13.1. The number of benzene rings is 1. The molecular weight excluding hydrogens is 278 g/mol. The molecule has 1 heterocycles. The van der Waals surface area contributed by atoms with Gasteiger partial charge >= 0.3 is 6.09 Å². The van der Waals surface area contributed by atoms with Gasteiger partial charge in [-0.25, -0.2) is 4.79 Å². The van der Waals surface area contributed by atoms with Gasteiger partial charge in [0.15, 0.2) is 0 Å². The van der Waals surface area contributed by atoms with Gasteiger partial charge < -0.3 is 10.1 Å². The summed E-state index contributed by atoms with van der Waals surface area (Å²) < 4.78 is 5.20. The molecule has 2 N–H and O–H groups in total. The summed E-state index contributed by atoms with van der Waals surface area (Å²) in [4.78, 5) is 15.9. The molecule has 0 saturated carbocycles. The van der Waals surface area contributed by atoms with Gasteiger partial charge in [-0.3, -0.25) is 10.3 Å². The Morgan fingerprint density at radius 2 is 1.77 bits per heavy atom. The van der Waals surface area contributed by atoms with Crippen molar-refractivity contribution < 1.29 is 9.53 Å². The summed E-state index contributed by atoms with van der Waals surface area (Å²) >= 11 is 0. The van der Waals surface area contributed by atoms with Gasteiger partial charge in [-0.1, -0.05) is 6.07 Å². The Hall–Kier alpha value is -2.56. The van der Waals surface area contributed by atoms with E-state index in [0.717, 1.165) is 11.4 Å². The SMILES string of the molecule is CC(C)(C)OC(=O)Nc1ccc(NCc2ccccn2)cc1. The second-order valence-corrected chi connectivity index (χ2v) is 5.88. The van der Waals surface area contributed by atoms with E-state index in [0.29, 0.717) is 12.2 Å². The predicted octanol–water partition coefficient (Wildman–Crippen LogP) is 4.04. The number of anilines is 2. The van der Waals surface area contributed by atoms with E-state index in [1.807, 2.05) is 63.2 Å². The first-order valence-corrected chi connectivity index (χ1v) is 7.16. The highest BCUT2D eigenvalue weighted by Crippen LogP contribution is 2.16. The van der Waals surface area contributed by atoms with E-state index >= 15 is 0 Å². The van der Waals surface area contributed by atoms with Crippen molar-refractivity contribution in [3.05, 3.63) is 54.4 Å². The molecule has 5 heteroatoms. The number of pyridine rings is 1. The number of hydrogen-bond donors (Lipinski definition) is 2. The molecule has 5 nitrogen and oxygen atoms in total. The van der Waals surface area contributed by atoms with E-state index in [-0.39, 0.29) is 0 Å². The van der Waals surface area contributed by atoms with Crippen LogP contribution in [0.25, 0.3) is 0 Å². The first-order chi connectivity index (χ1) is 10.4. The summed E-state index contributed by atoms with van der Waals surface area (Å²) in [6.07, 6.45) is 1.31. The maximum Gasteiger partial charge on any atom is 0.412 e. The van der Waals surface area contributed by atoms with Crippen molar-refractivity contribution >= 4 is 17.5 Å². The van der Waals surface area contributed by atoms with Crippen LogP contribution >= 0.6 is 0 Å². The van der Waals surface area contributed by atoms with Gasteiger partial charge in [0.2, 0.25) is 0 Å². The average Bonchev–Trinajstić information content (AvgIpc) is 2.45. The van der Waals surface area contributed by atoms with Crippen molar-refractivity contribution in [1.29, 1.82) is 0 Å². The van der Waals surface area contributed by atoms with Crippen LogP contribution in [0.2, 0.25) is 0 Å². The molecule has 1 amide bonds. The highest BCUT2D eigenvalue weighted by Gasteiger charge is 2.15. The molecule has 1 aromatic carbocycles. The third-order valence-corrected chi connectivity index (χ3v) is 2.73. The lowest BCUT2D eigenvalue weighted by molar-refractivity contribution is 0.0636. The van der Waals surface area contributed by atoms with Crippen molar-refractivity contribution in [3.63, 3.8) is 0 Å². The topological polar surface area (TPSA) is 63.2 Å². The number of rotatable bonds is 4. The Bertz CT molecular complexity index is 604. The third kappa shape index (κ3) is 5.44. The van der Waals surface area contributed by atoms with Crippen LogP contribution in [0.5, 0.6) is 0 Å². The standard InChI is InChI=1S/C17H21N3O2/c1-17(2,3)22-16(21)20-14-9-7-13(8-10-14)19-12-15-6-4-5-11-18-15/h4-11,19H,12H2,1-3H3,(H,20,21). The van der Waals surface area contributed by atoms with Crippen LogP contribution in [-0.4, -0.2) is 16.7 Å². The van der Waals surface area contributed by atoms with Crippen molar-refractivity contribution in [2.24, 2.45) is 0 Å². The number of hydrogen-bond acceptors (Lipinski definition) is 4.